The molecule has 0 unspecified atom stereocenters. The SMILES string of the molecule is COC(=O)c1ccc(CSc2nc3c(-c4ccccc4)cn(C)c3c(=O)n2C(C)C)o1. The number of rotatable bonds is 6. The van der Waals surface area contributed by atoms with Crippen LogP contribution in [-0.2, 0) is 17.5 Å². The normalized spacial score (nSPS) is 11.4. The molecule has 0 spiro atoms. The summed E-state index contributed by atoms with van der Waals surface area (Å²) in [5.41, 5.74) is 3.09. The van der Waals surface area contributed by atoms with E-state index in [0.717, 1.165) is 11.1 Å². The van der Waals surface area contributed by atoms with Crippen LogP contribution >= 0.6 is 11.8 Å². The Balaban J connectivity index is 1.78. The highest BCUT2D eigenvalue weighted by Crippen LogP contribution is 2.31. The summed E-state index contributed by atoms with van der Waals surface area (Å²) in [6.07, 6.45) is 1.95. The number of hydrogen-bond acceptors (Lipinski definition) is 6. The largest absolute Gasteiger partial charge is 0.463 e. The number of hydrogen-bond donors (Lipinski definition) is 0. The second kappa shape index (κ2) is 8.47. The van der Waals surface area contributed by atoms with Gasteiger partial charge in [-0.1, -0.05) is 42.1 Å². The molecule has 0 radical (unpaired) electrons. The molecule has 0 fully saturated rings. The third-order valence-corrected chi connectivity index (χ3v) is 5.96. The van der Waals surface area contributed by atoms with Crippen molar-refractivity contribution in [3.8, 4) is 11.1 Å². The number of benzene rings is 1. The number of ether oxygens (including phenoxy) is 1. The monoisotopic (exact) mass is 437 g/mol. The minimum atomic E-state index is -0.522. The molecular formula is C23H23N3O4S. The first-order valence-electron chi connectivity index (χ1n) is 9.87. The van der Waals surface area contributed by atoms with E-state index in [2.05, 4.69) is 4.74 Å². The van der Waals surface area contributed by atoms with Crippen molar-refractivity contribution in [1.29, 1.82) is 0 Å². The fraction of sp³-hybridized carbons (Fsp3) is 0.261. The summed E-state index contributed by atoms with van der Waals surface area (Å²) in [7, 11) is 3.18. The fourth-order valence-corrected chi connectivity index (χ4v) is 4.53. The maximum atomic E-state index is 13.4. The van der Waals surface area contributed by atoms with Crippen LogP contribution in [0.3, 0.4) is 0 Å². The van der Waals surface area contributed by atoms with Crippen LogP contribution in [0.4, 0.5) is 0 Å². The van der Waals surface area contributed by atoms with Gasteiger partial charge >= 0.3 is 5.97 Å². The van der Waals surface area contributed by atoms with Gasteiger partial charge in [0.05, 0.1) is 12.9 Å². The standard InChI is InChI=1S/C23H23N3O4S/c1-14(2)26-21(27)20-19(17(12-25(20)3)15-8-6-5-7-9-15)24-23(26)31-13-16-10-11-18(30-16)22(28)29-4/h5-12,14H,13H2,1-4H3. The third kappa shape index (κ3) is 3.90. The van der Waals surface area contributed by atoms with Crippen molar-refractivity contribution in [2.24, 2.45) is 7.05 Å². The number of carbonyl (C=O) groups is 1. The van der Waals surface area contributed by atoms with Gasteiger partial charge in [-0.25, -0.2) is 9.78 Å². The Bertz CT molecular complexity index is 1300. The van der Waals surface area contributed by atoms with Crippen LogP contribution in [-0.4, -0.2) is 27.2 Å². The molecule has 1 aromatic carbocycles. The van der Waals surface area contributed by atoms with Gasteiger partial charge in [0.15, 0.2) is 5.16 Å². The lowest BCUT2D eigenvalue weighted by Gasteiger charge is -2.15. The molecule has 0 N–H and O–H groups in total. The molecule has 0 saturated carbocycles. The molecule has 0 atom stereocenters. The molecule has 0 amide bonds. The Kier molecular flexibility index (Phi) is 5.73. The summed E-state index contributed by atoms with van der Waals surface area (Å²) in [6, 6.07) is 13.2. The van der Waals surface area contributed by atoms with E-state index in [1.54, 1.807) is 16.7 Å². The molecule has 8 heteroatoms. The number of methoxy groups -OCH3 is 1. The van der Waals surface area contributed by atoms with E-state index >= 15 is 0 Å². The zero-order chi connectivity index (χ0) is 22.1. The Morgan fingerprint density at radius 2 is 1.94 bits per heavy atom. The second-order valence-electron chi connectivity index (χ2n) is 7.43. The molecule has 0 aliphatic carbocycles. The highest BCUT2D eigenvalue weighted by molar-refractivity contribution is 7.98. The third-order valence-electron chi connectivity index (χ3n) is 4.98. The number of fused-ring (bicyclic) bond motifs is 1. The Labute approximate surface area is 183 Å². The lowest BCUT2D eigenvalue weighted by atomic mass is 10.1. The predicted molar refractivity (Wildman–Crippen MR) is 120 cm³/mol. The van der Waals surface area contributed by atoms with Gasteiger partial charge in [0.1, 0.15) is 16.8 Å². The zero-order valence-electron chi connectivity index (χ0n) is 17.8. The molecule has 7 nitrogen and oxygen atoms in total. The van der Waals surface area contributed by atoms with Gasteiger partial charge in [0, 0.05) is 24.8 Å². The summed E-state index contributed by atoms with van der Waals surface area (Å²) in [6.45, 7) is 3.92. The van der Waals surface area contributed by atoms with Crippen LogP contribution in [0.5, 0.6) is 0 Å². The number of carbonyl (C=O) groups excluding carboxylic acids is 1. The van der Waals surface area contributed by atoms with Crippen molar-refractivity contribution in [2.45, 2.75) is 30.8 Å². The lowest BCUT2D eigenvalue weighted by Crippen LogP contribution is -2.26. The van der Waals surface area contributed by atoms with E-state index < -0.39 is 5.97 Å². The minimum absolute atomic E-state index is 0.0655. The van der Waals surface area contributed by atoms with Crippen LogP contribution in [0.15, 0.2) is 63.0 Å². The summed E-state index contributed by atoms with van der Waals surface area (Å²) in [5.74, 6) is 0.657. The van der Waals surface area contributed by atoms with Gasteiger partial charge in [-0.3, -0.25) is 9.36 Å². The molecule has 31 heavy (non-hydrogen) atoms. The molecule has 0 bridgehead atoms. The lowest BCUT2D eigenvalue weighted by molar-refractivity contribution is 0.0563. The molecule has 3 heterocycles. The number of thioether (sulfide) groups is 1. The fourth-order valence-electron chi connectivity index (χ4n) is 3.52. The number of aromatic nitrogens is 3. The topological polar surface area (TPSA) is 79.3 Å². The first kappa shape index (κ1) is 21.0. The van der Waals surface area contributed by atoms with Gasteiger partial charge in [-0.05, 0) is 31.5 Å². The van der Waals surface area contributed by atoms with Crippen LogP contribution in [0.2, 0.25) is 0 Å². The Hall–Kier alpha value is -3.26. The molecule has 0 saturated heterocycles. The molecular weight excluding hydrogens is 414 g/mol. The molecule has 4 aromatic rings. The number of aryl methyl sites for hydroxylation is 1. The highest BCUT2D eigenvalue weighted by atomic mass is 32.2. The first-order chi connectivity index (χ1) is 14.9. The van der Waals surface area contributed by atoms with E-state index in [4.69, 9.17) is 9.40 Å². The van der Waals surface area contributed by atoms with Crippen molar-refractivity contribution in [3.05, 3.63) is 70.5 Å². The van der Waals surface area contributed by atoms with Crippen LogP contribution in [0, 0.1) is 0 Å². The van der Waals surface area contributed by atoms with Crippen molar-refractivity contribution in [2.75, 3.05) is 7.11 Å². The molecule has 3 aromatic heterocycles. The predicted octanol–water partition coefficient (Wildman–Crippen LogP) is 4.65. The van der Waals surface area contributed by atoms with Gasteiger partial charge in [-0.2, -0.15) is 0 Å². The smallest absolute Gasteiger partial charge is 0.373 e. The maximum Gasteiger partial charge on any atom is 0.373 e. The highest BCUT2D eigenvalue weighted by Gasteiger charge is 2.20. The van der Waals surface area contributed by atoms with Gasteiger partial charge in [0.25, 0.3) is 5.56 Å². The molecule has 4 rings (SSSR count). The Morgan fingerprint density at radius 1 is 1.19 bits per heavy atom. The van der Waals surface area contributed by atoms with E-state index in [0.29, 0.717) is 27.7 Å². The summed E-state index contributed by atoms with van der Waals surface area (Å²) in [5, 5.41) is 0.604. The van der Waals surface area contributed by atoms with Crippen molar-refractivity contribution in [3.63, 3.8) is 0 Å². The summed E-state index contributed by atoms with van der Waals surface area (Å²) in [4.78, 5) is 29.9. The van der Waals surface area contributed by atoms with Gasteiger partial charge in [-0.15, -0.1) is 0 Å². The van der Waals surface area contributed by atoms with E-state index in [1.807, 2.05) is 62.0 Å². The first-order valence-corrected chi connectivity index (χ1v) is 10.9. The van der Waals surface area contributed by atoms with Gasteiger partial charge < -0.3 is 13.7 Å². The second-order valence-corrected chi connectivity index (χ2v) is 8.37. The number of esters is 1. The van der Waals surface area contributed by atoms with E-state index in [1.165, 1.54) is 18.9 Å². The maximum absolute atomic E-state index is 13.4. The Morgan fingerprint density at radius 3 is 2.61 bits per heavy atom. The van der Waals surface area contributed by atoms with Gasteiger partial charge in [0.2, 0.25) is 5.76 Å². The zero-order valence-corrected chi connectivity index (χ0v) is 18.6. The molecule has 0 aliphatic rings. The average Bonchev–Trinajstić information content (AvgIpc) is 3.37. The van der Waals surface area contributed by atoms with Crippen molar-refractivity contribution in [1.82, 2.24) is 14.1 Å². The summed E-state index contributed by atoms with van der Waals surface area (Å²) >= 11 is 1.40. The van der Waals surface area contributed by atoms with E-state index in [-0.39, 0.29) is 17.4 Å². The van der Waals surface area contributed by atoms with Crippen LogP contribution in [0.1, 0.15) is 36.2 Å². The minimum Gasteiger partial charge on any atom is -0.463 e. The number of nitrogens with zero attached hydrogens (tertiary/aromatic N) is 3. The number of furan rings is 1. The quantitative estimate of drug-likeness (QED) is 0.248. The molecule has 0 aliphatic heterocycles. The average molecular weight is 438 g/mol. The summed E-state index contributed by atoms with van der Waals surface area (Å²) < 4.78 is 13.8. The van der Waals surface area contributed by atoms with Crippen molar-refractivity contribution >= 4 is 28.8 Å². The van der Waals surface area contributed by atoms with Crippen LogP contribution in [0.25, 0.3) is 22.2 Å². The molecule has 160 valence electrons. The van der Waals surface area contributed by atoms with Crippen LogP contribution < -0.4 is 5.56 Å². The van der Waals surface area contributed by atoms with E-state index in [9.17, 15) is 9.59 Å². The van der Waals surface area contributed by atoms with Crippen molar-refractivity contribution < 1.29 is 13.9 Å².